The van der Waals surface area contributed by atoms with E-state index < -0.39 is 6.09 Å². The average molecular weight is 322 g/mol. The molecule has 2 amide bonds. The summed E-state index contributed by atoms with van der Waals surface area (Å²) < 4.78 is 5.08. The molecule has 5 heteroatoms. The highest BCUT2D eigenvalue weighted by Crippen LogP contribution is 2.08. The fourth-order valence-corrected chi connectivity index (χ4v) is 1.88. The Hall–Kier alpha value is -3.26. The third-order valence-electron chi connectivity index (χ3n) is 2.97. The van der Waals surface area contributed by atoms with E-state index in [9.17, 15) is 9.59 Å². The molecule has 0 aliphatic carbocycles. The summed E-state index contributed by atoms with van der Waals surface area (Å²) in [6.45, 7) is 1.88. The van der Waals surface area contributed by atoms with E-state index in [1.807, 2.05) is 30.3 Å². The molecule has 0 radical (unpaired) electrons. The Morgan fingerprint density at radius 1 is 1.04 bits per heavy atom. The van der Waals surface area contributed by atoms with E-state index in [1.165, 1.54) is 6.92 Å². The standard InChI is InChI=1S/C19H18N2O3/c1-15(22)21-18-11-9-16(10-12-18)8-5-13-20-19(23)24-14-17-6-3-2-4-7-17/h2-4,6-7,9-12H,13-14H2,1H3,(H,20,23)(H,21,22). The lowest BCUT2D eigenvalue weighted by molar-refractivity contribution is -0.114. The van der Waals surface area contributed by atoms with Crippen molar-refractivity contribution >= 4 is 17.7 Å². The molecule has 0 heterocycles. The number of amides is 2. The quantitative estimate of drug-likeness (QED) is 0.851. The van der Waals surface area contributed by atoms with Crippen LogP contribution in [-0.4, -0.2) is 18.5 Å². The zero-order valence-corrected chi connectivity index (χ0v) is 13.3. The number of alkyl carbamates (subject to hydrolysis) is 1. The normalized spacial score (nSPS) is 9.38. The maximum Gasteiger partial charge on any atom is 0.408 e. The number of carbonyl (C=O) groups is 2. The number of benzene rings is 2. The molecular weight excluding hydrogens is 304 g/mol. The van der Waals surface area contributed by atoms with Crippen molar-refractivity contribution in [3.8, 4) is 11.8 Å². The highest BCUT2D eigenvalue weighted by Gasteiger charge is 2.00. The van der Waals surface area contributed by atoms with Crippen LogP contribution in [0.25, 0.3) is 0 Å². The molecule has 2 aromatic rings. The van der Waals surface area contributed by atoms with Crippen molar-refractivity contribution in [3.05, 3.63) is 65.7 Å². The zero-order chi connectivity index (χ0) is 17.2. The van der Waals surface area contributed by atoms with E-state index in [-0.39, 0.29) is 19.1 Å². The van der Waals surface area contributed by atoms with Crippen molar-refractivity contribution in [1.29, 1.82) is 0 Å². The first-order valence-electron chi connectivity index (χ1n) is 7.44. The van der Waals surface area contributed by atoms with Crippen LogP contribution in [0.15, 0.2) is 54.6 Å². The van der Waals surface area contributed by atoms with Crippen molar-refractivity contribution in [2.75, 3.05) is 11.9 Å². The molecule has 5 nitrogen and oxygen atoms in total. The van der Waals surface area contributed by atoms with Gasteiger partial charge in [0.25, 0.3) is 0 Å². The summed E-state index contributed by atoms with van der Waals surface area (Å²) in [5.74, 6) is 5.64. The lowest BCUT2D eigenvalue weighted by Crippen LogP contribution is -2.24. The van der Waals surface area contributed by atoms with Crippen LogP contribution in [0, 0.1) is 11.8 Å². The van der Waals surface area contributed by atoms with Crippen molar-refractivity contribution in [3.63, 3.8) is 0 Å². The second kappa shape index (κ2) is 9.01. The third kappa shape index (κ3) is 6.24. The van der Waals surface area contributed by atoms with Crippen LogP contribution in [0.2, 0.25) is 0 Å². The summed E-state index contributed by atoms with van der Waals surface area (Å²) >= 11 is 0. The molecule has 0 bridgehead atoms. The van der Waals surface area contributed by atoms with Crippen LogP contribution in [0.1, 0.15) is 18.1 Å². The van der Waals surface area contributed by atoms with Gasteiger partial charge in [-0.15, -0.1) is 0 Å². The van der Waals surface area contributed by atoms with Gasteiger partial charge < -0.3 is 15.4 Å². The van der Waals surface area contributed by atoms with Crippen molar-refractivity contribution < 1.29 is 14.3 Å². The molecule has 0 aromatic heterocycles. The van der Waals surface area contributed by atoms with E-state index in [0.717, 1.165) is 16.8 Å². The monoisotopic (exact) mass is 322 g/mol. The molecule has 2 aromatic carbocycles. The van der Waals surface area contributed by atoms with Crippen molar-refractivity contribution in [2.24, 2.45) is 0 Å². The van der Waals surface area contributed by atoms with Crippen LogP contribution in [0.5, 0.6) is 0 Å². The van der Waals surface area contributed by atoms with Gasteiger partial charge in [0.1, 0.15) is 6.61 Å². The lowest BCUT2D eigenvalue weighted by atomic mass is 10.2. The van der Waals surface area contributed by atoms with Crippen LogP contribution >= 0.6 is 0 Å². The van der Waals surface area contributed by atoms with Gasteiger partial charge in [-0.05, 0) is 29.8 Å². The van der Waals surface area contributed by atoms with Gasteiger partial charge in [0.15, 0.2) is 0 Å². The van der Waals surface area contributed by atoms with Gasteiger partial charge in [0, 0.05) is 18.2 Å². The Bertz CT molecular complexity index is 744. The maximum atomic E-state index is 11.5. The van der Waals surface area contributed by atoms with E-state index in [1.54, 1.807) is 24.3 Å². The highest BCUT2D eigenvalue weighted by atomic mass is 16.5. The minimum absolute atomic E-state index is 0.118. The molecule has 2 N–H and O–H groups in total. The Labute approximate surface area is 141 Å². The molecule has 0 unspecified atom stereocenters. The molecule has 0 atom stereocenters. The largest absolute Gasteiger partial charge is 0.445 e. The lowest BCUT2D eigenvalue weighted by Gasteiger charge is -2.04. The summed E-state index contributed by atoms with van der Waals surface area (Å²) in [7, 11) is 0. The molecule has 24 heavy (non-hydrogen) atoms. The molecular formula is C19H18N2O3. The molecule has 0 aliphatic rings. The number of hydrogen-bond acceptors (Lipinski definition) is 3. The topological polar surface area (TPSA) is 67.4 Å². The average Bonchev–Trinajstić information content (AvgIpc) is 2.59. The molecule has 0 aliphatic heterocycles. The summed E-state index contributed by atoms with van der Waals surface area (Å²) in [6, 6.07) is 16.6. The fraction of sp³-hybridized carbons (Fsp3) is 0.158. The predicted molar refractivity (Wildman–Crippen MR) is 92.3 cm³/mol. The second-order valence-electron chi connectivity index (χ2n) is 4.98. The molecule has 0 fully saturated rings. The number of nitrogens with one attached hydrogen (secondary N) is 2. The Balaban J connectivity index is 1.73. The minimum Gasteiger partial charge on any atom is -0.445 e. The van der Waals surface area contributed by atoms with Gasteiger partial charge in [-0.1, -0.05) is 42.2 Å². The number of hydrogen-bond donors (Lipinski definition) is 2. The van der Waals surface area contributed by atoms with Crippen LogP contribution in [-0.2, 0) is 16.1 Å². The van der Waals surface area contributed by atoms with Crippen LogP contribution in [0.3, 0.4) is 0 Å². The van der Waals surface area contributed by atoms with Gasteiger partial charge >= 0.3 is 6.09 Å². The van der Waals surface area contributed by atoms with Gasteiger partial charge in [-0.25, -0.2) is 4.79 Å². The molecule has 0 saturated carbocycles. The first kappa shape index (κ1) is 17.1. The van der Waals surface area contributed by atoms with E-state index in [2.05, 4.69) is 22.5 Å². The summed E-state index contributed by atoms with van der Waals surface area (Å²) in [5, 5.41) is 5.25. The summed E-state index contributed by atoms with van der Waals surface area (Å²) in [5.41, 5.74) is 2.44. The van der Waals surface area contributed by atoms with Gasteiger partial charge in [-0.2, -0.15) is 0 Å². The summed E-state index contributed by atoms with van der Waals surface area (Å²) in [6.07, 6.45) is -0.505. The first-order valence-corrected chi connectivity index (χ1v) is 7.44. The third-order valence-corrected chi connectivity index (χ3v) is 2.97. The smallest absolute Gasteiger partial charge is 0.408 e. The number of rotatable bonds is 4. The van der Waals surface area contributed by atoms with Gasteiger partial charge in [0.05, 0.1) is 6.54 Å². The van der Waals surface area contributed by atoms with Crippen LogP contribution < -0.4 is 10.6 Å². The molecule has 122 valence electrons. The van der Waals surface area contributed by atoms with Crippen molar-refractivity contribution in [2.45, 2.75) is 13.5 Å². The molecule has 2 rings (SSSR count). The SMILES string of the molecule is CC(=O)Nc1ccc(C#CCNC(=O)OCc2ccccc2)cc1. The maximum absolute atomic E-state index is 11.5. The van der Waals surface area contributed by atoms with Crippen molar-refractivity contribution in [1.82, 2.24) is 5.32 Å². The van der Waals surface area contributed by atoms with Gasteiger partial charge in [0.2, 0.25) is 5.91 Å². The molecule has 0 saturated heterocycles. The summed E-state index contributed by atoms with van der Waals surface area (Å²) in [4.78, 5) is 22.5. The minimum atomic E-state index is -0.505. The predicted octanol–water partition coefficient (Wildman–Crippen LogP) is 2.92. The van der Waals surface area contributed by atoms with E-state index in [0.29, 0.717) is 0 Å². The Morgan fingerprint density at radius 3 is 2.42 bits per heavy atom. The Kier molecular flexibility index (Phi) is 6.42. The number of anilines is 1. The highest BCUT2D eigenvalue weighted by molar-refractivity contribution is 5.88. The van der Waals surface area contributed by atoms with Crippen LogP contribution in [0.4, 0.5) is 10.5 Å². The molecule has 0 spiro atoms. The van der Waals surface area contributed by atoms with E-state index >= 15 is 0 Å². The Morgan fingerprint density at radius 2 is 1.75 bits per heavy atom. The van der Waals surface area contributed by atoms with Gasteiger partial charge in [-0.3, -0.25) is 4.79 Å². The second-order valence-corrected chi connectivity index (χ2v) is 4.98. The number of ether oxygens (including phenoxy) is 1. The first-order chi connectivity index (χ1) is 11.6. The fourth-order valence-electron chi connectivity index (χ4n) is 1.88. The zero-order valence-electron chi connectivity index (χ0n) is 13.3. The van der Waals surface area contributed by atoms with E-state index in [4.69, 9.17) is 4.74 Å². The number of carbonyl (C=O) groups excluding carboxylic acids is 2.